The highest BCUT2D eigenvalue weighted by atomic mass is 32.2. The summed E-state index contributed by atoms with van der Waals surface area (Å²) in [6, 6.07) is 5.46. The lowest BCUT2D eigenvalue weighted by atomic mass is 10.1. The van der Waals surface area contributed by atoms with Gasteiger partial charge in [-0.1, -0.05) is 0 Å². The molecule has 2 heterocycles. The molecule has 1 N–H and O–H groups in total. The van der Waals surface area contributed by atoms with E-state index in [0.717, 1.165) is 22.2 Å². The maximum atomic E-state index is 13.0. The Bertz CT molecular complexity index is 796. The molecule has 0 atom stereocenters. The first kappa shape index (κ1) is 15.2. The van der Waals surface area contributed by atoms with Crippen molar-refractivity contribution in [3.8, 4) is 0 Å². The zero-order valence-electron chi connectivity index (χ0n) is 12.8. The summed E-state index contributed by atoms with van der Waals surface area (Å²) in [7, 11) is -1.52. The van der Waals surface area contributed by atoms with E-state index in [2.05, 4.69) is 10.3 Å². The van der Waals surface area contributed by atoms with Crippen molar-refractivity contribution in [3.63, 3.8) is 0 Å². The minimum absolute atomic E-state index is 0.355. The Morgan fingerprint density at radius 3 is 2.68 bits per heavy atom. The van der Waals surface area contributed by atoms with Crippen LogP contribution in [0.5, 0.6) is 0 Å². The molecule has 1 aromatic carbocycles. The van der Waals surface area contributed by atoms with Gasteiger partial charge in [0.1, 0.15) is 0 Å². The van der Waals surface area contributed by atoms with Crippen LogP contribution in [0.1, 0.15) is 18.4 Å². The van der Waals surface area contributed by atoms with Crippen molar-refractivity contribution in [3.05, 3.63) is 30.0 Å². The zero-order valence-corrected chi connectivity index (χ0v) is 13.6. The molecular formula is C16H20N2O3S. The third-order valence-corrected chi connectivity index (χ3v) is 6.62. The number of fused-ring (bicyclic) bond motifs is 1. The van der Waals surface area contributed by atoms with E-state index < -0.39 is 9.84 Å². The highest BCUT2D eigenvalue weighted by Gasteiger charge is 2.30. The van der Waals surface area contributed by atoms with Crippen LogP contribution in [0.15, 0.2) is 29.3 Å². The van der Waals surface area contributed by atoms with E-state index in [1.54, 1.807) is 12.3 Å². The highest BCUT2D eigenvalue weighted by molar-refractivity contribution is 7.92. The summed E-state index contributed by atoms with van der Waals surface area (Å²) in [5.41, 5.74) is 2.43. The number of ether oxygens (including phenoxy) is 1. The lowest BCUT2D eigenvalue weighted by molar-refractivity contribution is 0.0983. The number of benzene rings is 1. The molecule has 1 saturated heterocycles. The average molecular weight is 320 g/mol. The van der Waals surface area contributed by atoms with Gasteiger partial charge < -0.3 is 10.1 Å². The van der Waals surface area contributed by atoms with Gasteiger partial charge in [-0.05, 0) is 43.5 Å². The lowest BCUT2D eigenvalue weighted by Crippen LogP contribution is -2.29. The standard InChI is InChI=1S/C16H20N2O3S/c1-11-9-15-13(14(17-2)3-6-18-15)10-16(11)22(19,20)12-4-7-21-8-5-12/h3,6,9-10,12H,4-5,7-8H2,1-2H3,(H,17,18). The predicted octanol–water partition coefficient (Wildman–Crippen LogP) is 2.54. The molecule has 0 spiro atoms. The summed E-state index contributed by atoms with van der Waals surface area (Å²) in [4.78, 5) is 4.74. The van der Waals surface area contributed by atoms with E-state index in [9.17, 15) is 8.42 Å². The van der Waals surface area contributed by atoms with Crippen LogP contribution in [-0.4, -0.2) is 38.9 Å². The smallest absolute Gasteiger partial charge is 0.181 e. The van der Waals surface area contributed by atoms with Crippen LogP contribution >= 0.6 is 0 Å². The first-order valence-electron chi connectivity index (χ1n) is 7.43. The number of hydrogen-bond donors (Lipinski definition) is 1. The molecule has 118 valence electrons. The third kappa shape index (κ3) is 2.57. The quantitative estimate of drug-likeness (QED) is 0.941. The SMILES string of the molecule is CNc1ccnc2cc(C)c(S(=O)(=O)C3CCOCC3)cc12. The van der Waals surface area contributed by atoms with Crippen molar-refractivity contribution in [2.75, 3.05) is 25.6 Å². The summed E-state index contributed by atoms with van der Waals surface area (Å²) in [6.45, 7) is 2.86. The van der Waals surface area contributed by atoms with Crippen LogP contribution < -0.4 is 5.32 Å². The van der Waals surface area contributed by atoms with Gasteiger partial charge in [0.2, 0.25) is 0 Å². The molecule has 0 unspecified atom stereocenters. The second-order valence-corrected chi connectivity index (χ2v) is 7.80. The molecule has 0 radical (unpaired) electrons. The van der Waals surface area contributed by atoms with Gasteiger partial charge in [0.15, 0.2) is 9.84 Å². The molecule has 0 bridgehead atoms. The van der Waals surface area contributed by atoms with E-state index in [1.807, 2.05) is 26.1 Å². The average Bonchev–Trinajstić information content (AvgIpc) is 2.54. The van der Waals surface area contributed by atoms with E-state index >= 15 is 0 Å². The first-order valence-corrected chi connectivity index (χ1v) is 8.97. The molecular weight excluding hydrogens is 300 g/mol. The van der Waals surface area contributed by atoms with Crippen molar-refractivity contribution < 1.29 is 13.2 Å². The van der Waals surface area contributed by atoms with Crippen LogP contribution in [-0.2, 0) is 14.6 Å². The Balaban J connectivity index is 2.15. The van der Waals surface area contributed by atoms with E-state index in [4.69, 9.17) is 4.74 Å². The zero-order chi connectivity index (χ0) is 15.7. The Labute approximate surface area is 130 Å². The molecule has 0 aliphatic carbocycles. The number of anilines is 1. The van der Waals surface area contributed by atoms with E-state index in [-0.39, 0.29) is 5.25 Å². The third-order valence-electron chi connectivity index (χ3n) is 4.22. The Hall–Kier alpha value is -1.66. The normalized spacial score (nSPS) is 16.8. The fraction of sp³-hybridized carbons (Fsp3) is 0.438. The van der Waals surface area contributed by atoms with Gasteiger partial charge in [0, 0.05) is 37.5 Å². The van der Waals surface area contributed by atoms with E-state index in [1.165, 1.54) is 0 Å². The maximum Gasteiger partial charge on any atom is 0.181 e. The fourth-order valence-corrected chi connectivity index (χ4v) is 4.93. The number of hydrogen-bond acceptors (Lipinski definition) is 5. The summed E-state index contributed by atoms with van der Waals surface area (Å²) in [5, 5.41) is 3.57. The van der Waals surface area contributed by atoms with Crippen molar-refractivity contribution in [1.29, 1.82) is 0 Å². The van der Waals surface area contributed by atoms with Crippen molar-refractivity contribution in [2.45, 2.75) is 29.9 Å². The van der Waals surface area contributed by atoms with E-state index in [0.29, 0.717) is 31.0 Å². The van der Waals surface area contributed by atoms with Crippen LogP contribution in [0.2, 0.25) is 0 Å². The van der Waals surface area contributed by atoms with Gasteiger partial charge in [-0.15, -0.1) is 0 Å². The van der Waals surface area contributed by atoms with Gasteiger partial charge in [0.05, 0.1) is 15.7 Å². The number of aryl methyl sites for hydroxylation is 1. The first-order chi connectivity index (χ1) is 10.5. The number of sulfone groups is 1. The highest BCUT2D eigenvalue weighted by Crippen LogP contribution is 2.31. The van der Waals surface area contributed by atoms with Crippen LogP contribution in [0.4, 0.5) is 5.69 Å². The molecule has 3 rings (SSSR count). The molecule has 1 aliphatic rings. The van der Waals surface area contributed by atoms with Crippen LogP contribution in [0, 0.1) is 6.92 Å². The Morgan fingerprint density at radius 2 is 2.00 bits per heavy atom. The summed E-state index contributed by atoms with van der Waals surface area (Å²) in [6.07, 6.45) is 2.84. The molecule has 1 aromatic heterocycles. The molecule has 2 aromatic rings. The minimum atomic E-state index is -3.34. The number of nitrogens with zero attached hydrogens (tertiary/aromatic N) is 1. The topological polar surface area (TPSA) is 68.3 Å². The molecule has 22 heavy (non-hydrogen) atoms. The van der Waals surface area contributed by atoms with Gasteiger partial charge in [0.25, 0.3) is 0 Å². The molecule has 5 nitrogen and oxygen atoms in total. The molecule has 0 saturated carbocycles. The molecule has 1 fully saturated rings. The molecule has 0 amide bonds. The van der Waals surface area contributed by atoms with Gasteiger partial charge >= 0.3 is 0 Å². The van der Waals surface area contributed by atoms with Gasteiger partial charge in [-0.2, -0.15) is 0 Å². The minimum Gasteiger partial charge on any atom is -0.388 e. The van der Waals surface area contributed by atoms with Crippen molar-refractivity contribution in [2.24, 2.45) is 0 Å². The van der Waals surface area contributed by atoms with Crippen LogP contribution in [0.3, 0.4) is 0 Å². The van der Waals surface area contributed by atoms with Gasteiger partial charge in [-0.3, -0.25) is 4.98 Å². The monoisotopic (exact) mass is 320 g/mol. The second-order valence-electron chi connectivity index (χ2n) is 5.60. The number of aromatic nitrogens is 1. The predicted molar refractivity (Wildman–Crippen MR) is 87.1 cm³/mol. The number of rotatable bonds is 3. The molecule has 6 heteroatoms. The Morgan fingerprint density at radius 1 is 1.27 bits per heavy atom. The maximum absolute atomic E-state index is 13.0. The molecule has 1 aliphatic heterocycles. The summed E-state index contributed by atoms with van der Waals surface area (Å²) >= 11 is 0. The van der Waals surface area contributed by atoms with Crippen LogP contribution in [0.25, 0.3) is 10.9 Å². The summed E-state index contributed by atoms with van der Waals surface area (Å²) in [5.74, 6) is 0. The lowest BCUT2D eigenvalue weighted by Gasteiger charge is -2.23. The Kier molecular flexibility index (Phi) is 4.06. The van der Waals surface area contributed by atoms with Gasteiger partial charge in [-0.25, -0.2) is 8.42 Å². The number of nitrogens with one attached hydrogen (secondary N) is 1. The number of pyridine rings is 1. The second kappa shape index (κ2) is 5.85. The summed E-state index contributed by atoms with van der Waals surface area (Å²) < 4.78 is 31.2. The van der Waals surface area contributed by atoms with Crippen molar-refractivity contribution in [1.82, 2.24) is 4.98 Å². The fourth-order valence-electron chi connectivity index (χ4n) is 2.97. The largest absolute Gasteiger partial charge is 0.388 e. The van der Waals surface area contributed by atoms with Crippen molar-refractivity contribution >= 4 is 26.4 Å².